The van der Waals surface area contributed by atoms with Gasteiger partial charge in [0.25, 0.3) is 0 Å². The number of carbonyl (C=O) groups is 1. The maximum Gasteiger partial charge on any atom is 0.227 e. The van der Waals surface area contributed by atoms with Gasteiger partial charge in [-0.15, -0.1) is 11.8 Å². The standard InChI is InChI=1S/C31H27N3OS/c1-22-13-15-23(16-14-22)26-20-28(24-8-3-2-4-9-24)33-31(27(26)21-32)36-19-17-30(35)34-18-7-11-25-10-5-6-12-29(25)34/h2-6,8-10,12-16,20H,7,11,17-19H2,1H3. The minimum Gasteiger partial charge on any atom is -0.312 e. The minimum absolute atomic E-state index is 0.117. The quantitative estimate of drug-likeness (QED) is 0.272. The molecule has 0 fully saturated rings. The Bertz CT molecular complexity index is 1420. The molecule has 0 spiro atoms. The number of benzene rings is 3. The number of pyridine rings is 1. The lowest BCUT2D eigenvalue weighted by atomic mass is 9.98. The van der Waals surface area contributed by atoms with Crippen molar-refractivity contribution < 1.29 is 4.79 Å². The van der Waals surface area contributed by atoms with Crippen molar-refractivity contribution in [3.63, 3.8) is 0 Å². The van der Waals surface area contributed by atoms with Gasteiger partial charge in [-0.25, -0.2) is 4.98 Å². The molecule has 0 bridgehead atoms. The number of thioether (sulfide) groups is 1. The molecule has 36 heavy (non-hydrogen) atoms. The first-order valence-corrected chi connectivity index (χ1v) is 13.2. The topological polar surface area (TPSA) is 57.0 Å². The zero-order valence-corrected chi connectivity index (χ0v) is 21.1. The van der Waals surface area contributed by atoms with Crippen LogP contribution in [0.3, 0.4) is 0 Å². The molecule has 0 atom stereocenters. The van der Waals surface area contributed by atoms with Crippen molar-refractivity contribution >= 4 is 23.4 Å². The van der Waals surface area contributed by atoms with Gasteiger partial charge in [-0.2, -0.15) is 5.26 Å². The highest BCUT2D eigenvalue weighted by Gasteiger charge is 2.22. The number of fused-ring (bicyclic) bond motifs is 1. The van der Waals surface area contributed by atoms with Gasteiger partial charge >= 0.3 is 0 Å². The van der Waals surface area contributed by atoms with Crippen LogP contribution in [0.25, 0.3) is 22.4 Å². The molecule has 1 aliphatic heterocycles. The van der Waals surface area contributed by atoms with E-state index in [1.54, 1.807) is 0 Å². The van der Waals surface area contributed by atoms with E-state index in [0.29, 0.717) is 22.8 Å². The van der Waals surface area contributed by atoms with E-state index in [1.165, 1.54) is 22.9 Å². The predicted octanol–water partition coefficient (Wildman–Crippen LogP) is 7.06. The second-order valence-corrected chi connectivity index (χ2v) is 10.0. The van der Waals surface area contributed by atoms with Crippen LogP contribution in [0, 0.1) is 18.3 Å². The Labute approximate surface area is 216 Å². The molecular weight excluding hydrogens is 462 g/mol. The molecule has 0 unspecified atom stereocenters. The van der Waals surface area contributed by atoms with Crippen molar-refractivity contribution in [1.29, 1.82) is 5.26 Å². The summed E-state index contributed by atoms with van der Waals surface area (Å²) in [5.74, 6) is 0.677. The van der Waals surface area contributed by atoms with Crippen LogP contribution in [0.5, 0.6) is 0 Å². The molecule has 0 aliphatic carbocycles. The highest BCUT2D eigenvalue weighted by atomic mass is 32.2. The molecular formula is C31H27N3OS. The average Bonchev–Trinajstić information content (AvgIpc) is 2.93. The molecule has 2 heterocycles. The predicted molar refractivity (Wildman–Crippen MR) is 147 cm³/mol. The number of aromatic nitrogens is 1. The summed E-state index contributed by atoms with van der Waals surface area (Å²) in [6.07, 6.45) is 2.38. The molecule has 0 saturated carbocycles. The smallest absolute Gasteiger partial charge is 0.227 e. The third kappa shape index (κ3) is 5.05. The van der Waals surface area contributed by atoms with Gasteiger partial charge in [0.15, 0.2) is 0 Å². The van der Waals surface area contributed by atoms with Gasteiger partial charge in [0.2, 0.25) is 5.91 Å². The summed E-state index contributed by atoms with van der Waals surface area (Å²) in [5, 5.41) is 10.8. The fraction of sp³-hybridized carbons (Fsp3) is 0.194. The van der Waals surface area contributed by atoms with Crippen molar-refractivity contribution in [2.75, 3.05) is 17.2 Å². The zero-order chi connectivity index (χ0) is 24.9. The van der Waals surface area contributed by atoms with E-state index in [-0.39, 0.29) is 5.91 Å². The third-order valence-electron chi connectivity index (χ3n) is 6.50. The van der Waals surface area contributed by atoms with Gasteiger partial charge in [-0.05, 0) is 43.0 Å². The lowest BCUT2D eigenvalue weighted by Gasteiger charge is -2.29. The van der Waals surface area contributed by atoms with Gasteiger partial charge in [0.1, 0.15) is 11.1 Å². The van der Waals surface area contributed by atoms with E-state index < -0.39 is 0 Å². The number of amides is 1. The molecule has 0 saturated heterocycles. The lowest BCUT2D eigenvalue weighted by molar-refractivity contribution is -0.118. The lowest BCUT2D eigenvalue weighted by Crippen LogP contribution is -2.35. The number of hydrogen-bond donors (Lipinski definition) is 0. The summed E-state index contributed by atoms with van der Waals surface area (Å²) >= 11 is 1.48. The molecule has 4 nitrogen and oxygen atoms in total. The molecule has 178 valence electrons. The maximum atomic E-state index is 13.1. The van der Waals surface area contributed by atoms with E-state index in [2.05, 4.69) is 31.2 Å². The zero-order valence-electron chi connectivity index (χ0n) is 20.3. The van der Waals surface area contributed by atoms with Crippen LogP contribution in [0.4, 0.5) is 5.69 Å². The number of nitriles is 1. The largest absolute Gasteiger partial charge is 0.312 e. The Kier molecular flexibility index (Phi) is 7.16. The Morgan fingerprint density at radius 1 is 1.00 bits per heavy atom. The second-order valence-electron chi connectivity index (χ2n) is 8.96. The Balaban J connectivity index is 1.42. The number of nitrogens with zero attached hydrogens (tertiary/aromatic N) is 3. The number of hydrogen-bond acceptors (Lipinski definition) is 4. The summed E-state index contributed by atoms with van der Waals surface area (Å²) in [5.41, 5.74) is 7.66. The van der Waals surface area contributed by atoms with E-state index in [1.807, 2.05) is 71.6 Å². The van der Waals surface area contributed by atoms with E-state index in [9.17, 15) is 10.1 Å². The van der Waals surface area contributed by atoms with Gasteiger partial charge < -0.3 is 4.90 Å². The monoisotopic (exact) mass is 489 g/mol. The normalized spacial score (nSPS) is 12.6. The fourth-order valence-corrected chi connectivity index (χ4v) is 5.55. The first kappa shape index (κ1) is 23.8. The SMILES string of the molecule is Cc1ccc(-c2cc(-c3ccccc3)nc(SCCC(=O)N3CCCc4ccccc43)c2C#N)cc1. The van der Waals surface area contributed by atoms with Crippen LogP contribution in [0.15, 0.2) is 90.0 Å². The highest BCUT2D eigenvalue weighted by molar-refractivity contribution is 7.99. The Morgan fingerprint density at radius 3 is 2.53 bits per heavy atom. The molecule has 0 N–H and O–H groups in total. The molecule has 5 heteroatoms. The maximum absolute atomic E-state index is 13.1. The first-order chi connectivity index (χ1) is 17.6. The second kappa shape index (κ2) is 10.8. The average molecular weight is 490 g/mol. The molecule has 5 rings (SSSR count). The molecule has 0 radical (unpaired) electrons. The molecule has 4 aromatic rings. The number of rotatable bonds is 6. The number of anilines is 1. The molecule has 1 aliphatic rings. The minimum atomic E-state index is 0.117. The summed E-state index contributed by atoms with van der Waals surface area (Å²) < 4.78 is 0. The van der Waals surface area contributed by atoms with Crippen molar-refractivity contribution in [1.82, 2.24) is 4.98 Å². The number of para-hydroxylation sites is 1. The van der Waals surface area contributed by atoms with Crippen LogP contribution in [0.1, 0.15) is 29.5 Å². The summed E-state index contributed by atoms with van der Waals surface area (Å²) in [6, 6.07) is 30.8. The summed E-state index contributed by atoms with van der Waals surface area (Å²) in [7, 11) is 0. The third-order valence-corrected chi connectivity index (χ3v) is 7.47. The van der Waals surface area contributed by atoms with Crippen LogP contribution in [0.2, 0.25) is 0 Å². The van der Waals surface area contributed by atoms with Gasteiger partial charge in [-0.1, -0.05) is 78.4 Å². The fourth-order valence-electron chi connectivity index (χ4n) is 4.61. The van der Waals surface area contributed by atoms with Crippen molar-refractivity contribution in [2.24, 2.45) is 0 Å². The van der Waals surface area contributed by atoms with Gasteiger partial charge in [-0.3, -0.25) is 4.79 Å². The molecule has 1 amide bonds. The van der Waals surface area contributed by atoms with Gasteiger partial charge in [0.05, 0.1) is 11.3 Å². The van der Waals surface area contributed by atoms with Crippen LogP contribution < -0.4 is 4.90 Å². The van der Waals surface area contributed by atoms with Gasteiger partial charge in [0, 0.05) is 35.5 Å². The van der Waals surface area contributed by atoms with Crippen molar-refractivity contribution in [3.8, 4) is 28.5 Å². The van der Waals surface area contributed by atoms with E-state index in [4.69, 9.17) is 4.98 Å². The first-order valence-electron chi connectivity index (χ1n) is 12.2. The van der Waals surface area contributed by atoms with Crippen molar-refractivity contribution in [2.45, 2.75) is 31.2 Å². The Hall–Kier alpha value is -3.88. The molecule has 3 aromatic carbocycles. The van der Waals surface area contributed by atoms with Crippen LogP contribution in [-0.2, 0) is 11.2 Å². The number of carbonyl (C=O) groups excluding carboxylic acids is 1. The summed E-state index contributed by atoms with van der Waals surface area (Å²) in [4.78, 5) is 19.9. The van der Waals surface area contributed by atoms with E-state index >= 15 is 0 Å². The molecule has 1 aromatic heterocycles. The Morgan fingerprint density at radius 2 is 1.75 bits per heavy atom. The number of aryl methyl sites for hydroxylation is 2. The summed E-state index contributed by atoms with van der Waals surface area (Å²) in [6.45, 7) is 2.80. The van der Waals surface area contributed by atoms with E-state index in [0.717, 1.165) is 47.5 Å². The van der Waals surface area contributed by atoms with Crippen LogP contribution in [-0.4, -0.2) is 23.2 Å². The van der Waals surface area contributed by atoms with Crippen molar-refractivity contribution in [3.05, 3.63) is 102 Å². The highest BCUT2D eigenvalue weighted by Crippen LogP contribution is 2.35. The van der Waals surface area contributed by atoms with Crippen LogP contribution >= 0.6 is 11.8 Å².